The van der Waals surface area contributed by atoms with E-state index < -0.39 is 6.10 Å². The van der Waals surface area contributed by atoms with Gasteiger partial charge in [-0.3, -0.25) is 4.90 Å². The molecule has 0 amide bonds. The lowest BCUT2D eigenvalue weighted by atomic mass is 10.1. The van der Waals surface area contributed by atoms with Crippen molar-refractivity contribution in [3.8, 4) is 0 Å². The standard InChI is InChI=1S/C13H21NO2S/c1-10(2)14-5-6-16-13(9-14)12(15)8-11-4-3-7-17-11/h3-4,7,10,12-13,15H,5-6,8-9H2,1-2H3. The van der Waals surface area contributed by atoms with Gasteiger partial charge in [0.2, 0.25) is 0 Å². The Balaban J connectivity index is 1.88. The van der Waals surface area contributed by atoms with Gasteiger partial charge in [0, 0.05) is 30.4 Å². The predicted molar refractivity (Wildman–Crippen MR) is 70.5 cm³/mol. The number of hydrogen-bond donors (Lipinski definition) is 1. The minimum absolute atomic E-state index is 0.0479. The zero-order valence-corrected chi connectivity index (χ0v) is 11.3. The zero-order valence-electron chi connectivity index (χ0n) is 10.5. The summed E-state index contributed by atoms with van der Waals surface area (Å²) in [6.07, 6.45) is 0.261. The van der Waals surface area contributed by atoms with E-state index in [9.17, 15) is 5.11 Å². The third-order valence-electron chi connectivity index (χ3n) is 3.27. The molecular formula is C13H21NO2S. The highest BCUT2D eigenvalue weighted by Crippen LogP contribution is 2.17. The Morgan fingerprint density at radius 3 is 3.06 bits per heavy atom. The van der Waals surface area contributed by atoms with Crippen LogP contribution in [-0.4, -0.2) is 48.0 Å². The highest BCUT2D eigenvalue weighted by atomic mass is 32.1. The second kappa shape index (κ2) is 5.96. The van der Waals surface area contributed by atoms with Gasteiger partial charge in [0.05, 0.1) is 18.8 Å². The molecule has 1 aliphatic rings. The van der Waals surface area contributed by atoms with Crippen LogP contribution in [0.15, 0.2) is 17.5 Å². The fraction of sp³-hybridized carbons (Fsp3) is 0.692. The second-order valence-corrected chi connectivity index (χ2v) is 5.88. The van der Waals surface area contributed by atoms with E-state index in [1.54, 1.807) is 11.3 Å². The largest absolute Gasteiger partial charge is 0.390 e. The van der Waals surface area contributed by atoms with Crippen LogP contribution in [0.2, 0.25) is 0 Å². The van der Waals surface area contributed by atoms with Crippen LogP contribution < -0.4 is 0 Å². The van der Waals surface area contributed by atoms with Gasteiger partial charge in [-0.25, -0.2) is 0 Å². The highest BCUT2D eigenvalue weighted by molar-refractivity contribution is 7.09. The van der Waals surface area contributed by atoms with Crippen molar-refractivity contribution in [2.45, 2.75) is 38.5 Å². The van der Waals surface area contributed by atoms with Gasteiger partial charge in [0.1, 0.15) is 0 Å². The van der Waals surface area contributed by atoms with Gasteiger partial charge in [-0.2, -0.15) is 0 Å². The molecule has 2 unspecified atom stereocenters. The Kier molecular flexibility index (Phi) is 4.56. The molecule has 0 radical (unpaired) electrons. The minimum atomic E-state index is -0.393. The third kappa shape index (κ3) is 3.52. The number of hydrogen-bond acceptors (Lipinski definition) is 4. The molecule has 0 saturated carbocycles. The molecule has 2 atom stereocenters. The molecule has 0 aliphatic carbocycles. The predicted octanol–water partition coefficient (Wildman–Crippen LogP) is 1.76. The fourth-order valence-electron chi connectivity index (χ4n) is 2.16. The number of aliphatic hydroxyl groups is 1. The number of morpholine rings is 1. The maximum absolute atomic E-state index is 10.2. The SMILES string of the molecule is CC(C)N1CCOC(C(O)Cc2cccs2)C1. The van der Waals surface area contributed by atoms with E-state index in [0.29, 0.717) is 12.5 Å². The van der Waals surface area contributed by atoms with E-state index in [-0.39, 0.29) is 6.10 Å². The van der Waals surface area contributed by atoms with Gasteiger partial charge >= 0.3 is 0 Å². The summed E-state index contributed by atoms with van der Waals surface area (Å²) in [5.74, 6) is 0. The lowest BCUT2D eigenvalue weighted by molar-refractivity contribution is -0.0938. The van der Waals surface area contributed by atoms with Crippen molar-refractivity contribution >= 4 is 11.3 Å². The molecule has 17 heavy (non-hydrogen) atoms. The molecule has 1 aliphatic heterocycles. The Morgan fingerprint density at radius 1 is 1.59 bits per heavy atom. The Morgan fingerprint density at radius 2 is 2.41 bits per heavy atom. The second-order valence-electron chi connectivity index (χ2n) is 4.85. The van der Waals surface area contributed by atoms with Crippen molar-refractivity contribution in [2.75, 3.05) is 19.7 Å². The molecule has 1 aromatic heterocycles. The summed E-state index contributed by atoms with van der Waals surface area (Å²) in [5, 5.41) is 12.2. The van der Waals surface area contributed by atoms with Crippen LogP contribution in [0.1, 0.15) is 18.7 Å². The minimum Gasteiger partial charge on any atom is -0.390 e. The van der Waals surface area contributed by atoms with Crippen molar-refractivity contribution in [3.63, 3.8) is 0 Å². The molecule has 2 rings (SSSR count). The number of nitrogens with zero attached hydrogens (tertiary/aromatic N) is 1. The van der Waals surface area contributed by atoms with E-state index >= 15 is 0 Å². The topological polar surface area (TPSA) is 32.7 Å². The van der Waals surface area contributed by atoms with Crippen molar-refractivity contribution in [3.05, 3.63) is 22.4 Å². The molecule has 3 nitrogen and oxygen atoms in total. The summed E-state index contributed by atoms with van der Waals surface area (Å²) in [5.41, 5.74) is 0. The normalized spacial score (nSPS) is 24.1. The Labute approximate surface area is 107 Å². The number of ether oxygens (including phenoxy) is 1. The first-order valence-corrected chi connectivity index (χ1v) is 7.11. The summed E-state index contributed by atoms with van der Waals surface area (Å²) >= 11 is 1.69. The molecule has 4 heteroatoms. The average Bonchev–Trinajstić information content (AvgIpc) is 2.82. The van der Waals surface area contributed by atoms with Crippen LogP contribution in [0.25, 0.3) is 0 Å². The van der Waals surface area contributed by atoms with E-state index in [0.717, 1.165) is 19.7 Å². The lowest BCUT2D eigenvalue weighted by Gasteiger charge is -2.37. The summed E-state index contributed by atoms with van der Waals surface area (Å²) in [7, 11) is 0. The molecule has 1 fully saturated rings. The number of rotatable bonds is 4. The monoisotopic (exact) mass is 255 g/mol. The number of thiophene rings is 1. The van der Waals surface area contributed by atoms with Crippen LogP contribution in [-0.2, 0) is 11.2 Å². The van der Waals surface area contributed by atoms with Crippen molar-refractivity contribution in [1.29, 1.82) is 0 Å². The maximum atomic E-state index is 10.2. The van der Waals surface area contributed by atoms with E-state index in [4.69, 9.17) is 4.74 Å². The molecule has 1 aromatic rings. The summed E-state index contributed by atoms with van der Waals surface area (Å²) in [6.45, 7) is 6.91. The summed E-state index contributed by atoms with van der Waals surface area (Å²) < 4.78 is 5.68. The summed E-state index contributed by atoms with van der Waals surface area (Å²) in [6, 6.07) is 4.61. The van der Waals surface area contributed by atoms with Crippen LogP contribution in [0.4, 0.5) is 0 Å². The van der Waals surface area contributed by atoms with Gasteiger partial charge in [0.15, 0.2) is 0 Å². The average molecular weight is 255 g/mol. The van der Waals surface area contributed by atoms with Gasteiger partial charge in [-0.15, -0.1) is 11.3 Å². The lowest BCUT2D eigenvalue weighted by Crippen LogP contribution is -2.50. The molecule has 0 bridgehead atoms. The molecule has 96 valence electrons. The van der Waals surface area contributed by atoms with Gasteiger partial charge < -0.3 is 9.84 Å². The van der Waals surface area contributed by atoms with E-state index in [1.165, 1.54) is 4.88 Å². The fourth-order valence-corrected chi connectivity index (χ4v) is 2.92. The molecule has 1 N–H and O–H groups in total. The highest BCUT2D eigenvalue weighted by Gasteiger charge is 2.28. The maximum Gasteiger partial charge on any atom is 0.0964 e. The quantitative estimate of drug-likeness (QED) is 0.890. The van der Waals surface area contributed by atoms with E-state index in [2.05, 4.69) is 24.8 Å². The first-order valence-electron chi connectivity index (χ1n) is 6.23. The van der Waals surface area contributed by atoms with Gasteiger partial charge in [0.25, 0.3) is 0 Å². The first-order chi connectivity index (χ1) is 8.16. The van der Waals surface area contributed by atoms with Crippen LogP contribution >= 0.6 is 11.3 Å². The smallest absolute Gasteiger partial charge is 0.0964 e. The van der Waals surface area contributed by atoms with E-state index in [1.807, 2.05) is 11.4 Å². The van der Waals surface area contributed by atoms with Crippen molar-refractivity contribution in [1.82, 2.24) is 4.90 Å². The molecule has 1 saturated heterocycles. The van der Waals surface area contributed by atoms with Crippen molar-refractivity contribution < 1.29 is 9.84 Å². The third-order valence-corrected chi connectivity index (χ3v) is 4.17. The van der Waals surface area contributed by atoms with Gasteiger partial charge in [-0.05, 0) is 25.3 Å². The summed E-state index contributed by atoms with van der Waals surface area (Å²) in [4.78, 5) is 3.59. The van der Waals surface area contributed by atoms with Crippen LogP contribution in [0, 0.1) is 0 Å². The van der Waals surface area contributed by atoms with Gasteiger partial charge in [-0.1, -0.05) is 6.07 Å². The Bertz CT molecular complexity index is 326. The molecule has 0 aromatic carbocycles. The number of aliphatic hydroxyl groups excluding tert-OH is 1. The molecule has 2 heterocycles. The van der Waals surface area contributed by atoms with Crippen LogP contribution in [0.3, 0.4) is 0 Å². The zero-order chi connectivity index (χ0) is 12.3. The first kappa shape index (κ1) is 13.0. The molecule has 0 spiro atoms. The van der Waals surface area contributed by atoms with Crippen LogP contribution in [0.5, 0.6) is 0 Å². The molecular weight excluding hydrogens is 234 g/mol. The Hall–Kier alpha value is -0.420. The van der Waals surface area contributed by atoms with Crippen molar-refractivity contribution in [2.24, 2.45) is 0 Å².